The number of aromatic nitrogens is 1. The predicted molar refractivity (Wildman–Crippen MR) is 120 cm³/mol. The van der Waals surface area contributed by atoms with E-state index in [1.807, 2.05) is 42.5 Å². The minimum atomic E-state index is -0.350. The Hall–Kier alpha value is -3.76. The number of hydrogen-bond acceptors (Lipinski definition) is 5. The zero-order valence-corrected chi connectivity index (χ0v) is 17.7. The number of hydrogen-bond donors (Lipinski definition) is 1. The maximum Gasteiger partial charge on any atom is 0.228 e. The summed E-state index contributed by atoms with van der Waals surface area (Å²) < 4.78 is 0. The third-order valence-corrected chi connectivity index (χ3v) is 6.02. The molecule has 0 fully saturated rings. The summed E-state index contributed by atoms with van der Waals surface area (Å²) in [5, 5.41) is 12.3. The van der Waals surface area contributed by atoms with Crippen LogP contribution in [0.1, 0.15) is 46.5 Å². The highest BCUT2D eigenvalue weighted by Gasteiger charge is 2.28. The van der Waals surface area contributed by atoms with Crippen LogP contribution >= 0.6 is 11.3 Å². The molecule has 1 atom stereocenters. The lowest BCUT2D eigenvalue weighted by Crippen LogP contribution is -2.33. The molecule has 0 bridgehead atoms. The molecule has 0 radical (unpaired) electrons. The van der Waals surface area contributed by atoms with Gasteiger partial charge in [0.15, 0.2) is 5.13 Å². The summed E-state index contributed by atoms with van der Waals surface area (Å²) in [6.07, 6.45) is 6.20. The molecule has 1 unspecified atom stereocenters. The average molecular weight is 429 g/mol. The molecule has 3 aromatic rings. The Morgan fingerprint density at radius 1 is 1.19 bits per heavy atom. The van der Waals surface area contributed by atoms with Gasteiger partial charge in [-0.2, -0.15) is 5.26 Å². The molecule has 0 saturated heterocycles. The first-order valence-corrected chi connectivity index (χ1v) is 10.6. The molecule has 154 valence electrons. The number of thiazole rings is 1. The van der Waals surface area contributed by atoms with Gasteiger partial charge in [0.2, 0.25) is 11.8 Å². The van der Waals surface area contributed by atoms with Gasteiger partial charge in [-0.3, -0.25) is 9.59 Å². The number of carbonyl (C=O) groups excluding carboxylic acids is 2. The van der Waals surface area contributed by atoms with Crippen LogP contribution in [-0.2, 0) is 16.0 Å². The van der Waals surface area contributed by atoms with Gasteiger partial charge in [0.1, 0.15) is 0 Å². The molecule has 0 saturated carbocycles. The van der Waals surface area contributed by atoms with E-state index in [0.29, 0.717) is 17.1 Å². The average Bonchev–Trinajstić information content (AvgIpc) is 3.20. The SMILES string of the molecule is CC(=O)N1C=Cc2ccccc2C1CC(=O)Nc1ncc(Cc2ccc(C#N)cc2)s1. The van der Waals surface area contributed by atoms with Crippen LogP contribution in [0.25, 0.3) is 6.08 Å². The number of anilines is 1. The first-order valence-electron chi connectivity index (χ1n) is 9.83. The van der Waals surface area contributed by atoms with Gasteiger partial charge in [-0.1, -0.05) is 36.4 Å². The van der Waals surface area contributed by atoms with Crippen LogP contribution in [-0.4, -0.2) is 21.7 Å². The van der Waals surface area contributed by atoms with Gasteiger partial charge < -0.3 is 10.2 Å². The van der Waals surface area contributed by atoms with Gasteiger partial charge in [0.25, 0.3) is 0 Å². The third kappa shape index (κ3) is 4.71. The van der Waals surface area contributed by atoms with Gasteiger partial charge in [0.05, 0.1) is 24.1 Å². The molecular formula is C24H20N4O2S. The molecule has 1 aliphatic heterocycles. The second-order valence-electron chi connectivity index (χ2n) is 7.26. The molecule has 1 aliphatic rings. The summed E-state index contributed by atoms with van der Waals surface area (Å²) in [5.41, 5.74) is 3.66. The zero-order chi connectivity index (χ0) is 21.8. The van der Waals surface area contributed by atoms with E-state index in [0.717, 1.165) is 21.6 Å². The van der Waals surface area contributed by atoms with E-state index >= 15 is 0 Å². The Balaban J connectivity index is 1.43. The van der Waals surface area contributed by atoms with E-state index in [9.17, 15) is 9.59 Å². The minimum Gasteiger partial charge on any atom is -0.311 e. The Morgan fingerprint density at radius 3 is 2.71 bits per heavy atom. The summed E-state index contributed by atoms with van der Waals surface area (Å²) in [6.45, 7) is 1.50. The lowest BCUT2D eigenvalue weighted by atomic mass is 9.93. The largest absolute Gasteiger partial charge is 0.311 e. The molecule has 0 aliphatic carbocycles. The summed E-state index contributed by atoms with van der Waals surface area (Å²) >= 11 is 1.42. The zero-order valence-electron chi connectivity index (χ0n) is 16.9. The molecular weight excluding hydrogens is 408 g/mol. The topological polar surface area (TPSA) is 86.1 Å². The van der Waals surface area contributed by atoms with Crippen LogP contribution in [0.3, 0.4) is 0 Å². The molecule has 2 heterocycles. The van der Waals surface area contributed by atoms with E-state index in [-0.39, 0.29) is 24.3 Å². The first kappa shape index (κ1) is 20.5. The number of nitrogens with zero attached hydrogens (tertiary/aromatic N) is 3. The van der Waals surface area contributed by atoms with Crippen LogP contribution in [0.15, 0.2) is 60.9 Å². The van der Waals surface area contributed by atoms with Crippen LogP contribution in [0.2, 0.25) is 0 Å². The molecule has 31 heavy (non-hydrogen) atoms. The Morgan fingerprint density at radius 2 is 1.97 bits per heavy atom. The standard InChI is InChI=1S/C24H20N4O2S/c1-16(29)28-11-10-19-4-2-3-5-21(19)22(28)13-23(30)27-24-26-15-20(31-24)12-17-6-8-18(14-25)9-7-17/h2-11,15,22H,12-13H2,1H3,(H,26,27,30). The number of nitriles is 1. The number of carbonyl (C=O) groups is 2. The summed E-state index contributed by atoms with van der Waals surface area (Å²) in [4.78, 5) is 31.8. The van der Waals surface area contributed by atoms with Crippen LogP contribution in [0.5, 0.6) is 0 Å². The molecule has 1 N–H and O–H groups in total. The van der Waals surface area contributed by atoms with E-state index < -0.39 is 0 Å². The smallest absolute Gasteiger partial charge is 0.228 e. The number of nitrogens with one attached hydrogen (secondary N) is 1. The highest BCUT2D eigenvalue weighted by atomic mass is 32.1. The number of rotatable bonds is 5. The molecule has 7 heteroatoms. The van der Waals surface area contributed by atoms with Crippen molar-refractivity contribution in [1.29, 1.82) is 5.26 Å². The normalized spacial score (nSPS) is 14.6. The number of benzene rings is 2. The summed E-state index contributed by atoms with van der Waals surface area (Å²) in [7, 11) is 0. The van der Waals surface area contributed by atoms with Gasteiger partial charge in [0, 0.05) is 30.6 Å². The second-order valence-corrected chi connectivity index (χ2v) is 8.37. The van der Waals surface area contributed by atoms with Gasteiger partial charge >= 0.3 is 0 Å². The van der Waals surface area contributed by atoms with E-state index in [4.69, 9.17) is 5.26 Å². The maximum absolute atomic E-state index is 12.8. The van der Waals surface area contributed by atoms with Crippen molar-refractivity contribution < 1.29 is 9.59 Å². The fraction of sp³-hybridized carbons (Fsp3) is 0.167. The van der Waals surface area contributed by atoms with Crippen molar-refractivity contribution in [3.63, 3.8) is 0 Å². The van der Waals surface area contributed by atoms with Crippen LogP contribution < -0.4 is 5.32 Å². The van der Waals surface area contributed by atoms with Crippen molar-refractivity contribution in [2.24, 2.45) is 0 Å². The predicted octanol–water partition coefficient (Wildman–Crippen LogP) is 4.51. The van der Waals surface area contributed by atoms with Crippen molar-refractivity contribution in [3.8, 4) is 6.07 Å². The highest BCUT2D eigenvalue weighted by Crippen LogP contribution is 2.33. The lowest BCUT2D eigenvalue weighted by molar-refractivity contribution is -0.129. The first-order chi connectivity index (χ1) is 15.0. The van der Waals surface area contributed by atoms with Crippen molar-refractivity contribution >= 4 is 34.4 Å². The molecule has 2 aromatic carbocycles. The monoisotopic (exact) mass is 428 g/mol. The van der Waals surface area contributed by atoms with Crippen molar-refractivity contribution in [2.45, 2.75) is 25.8 Å². The number of fused-ring (bicyclic) bond motifs is 1. The molecule has 4 rings (SSSR count). The van der Waals surface area contributed by atoms with Crippen molar-refractivity contribution in [3.05, 3.63) is 88.1 Å². The Kier molecular flexibility index (Phi) is 5.92. The maximum atomic E-state index is 12.8. The minimum absolute atomic E-state index is 0.109. The molecule has 6 nitrogen and oxygen atoms in total. The van der Waals surface area contributed by atoms with Crippen molar-refractivity contribution in [1.82, 2.24) is 9.88 Å². The Labute approximate surface area is 184 Å². The van der Waals surface area contributed by atoms with E-state index in [1.54, 1.807) is 29.4 Å². The number of amides is 2. The lowest BCUT2D eigenvalue weighted by Gasteiger charge is -2.32. The van der Waals surface area contributed by atoms with E-state index in [2.05, 4.69) is 16.4 Å². The fourth-order valence-corrected chi connectivity index (χ4v) is 4.47. The molecule has 1 aromatic heterocycles. The highest BCUT2D eigenvalue weighted by molar-refractivity contribution is 7.15. The summed E-state index contributed by atoms with van der Waals surface area (Å²) in [5.74, 6) is -0.303. The third-order valence-electron chi connectivity index (χ3n) is 5.11. The Bertz CT molecular complexity index is 1190. The second kappa shape index (κ2) is 8.94. The van der Waals surface area contributed by atoms with Crippen molar-refractivity contribution in [2.75, 3.05) is 5.32 Å². The van der Waals surface area contributed by atoms with Gasteiger partial charge in [-0.25, -0.2) is 4.98 Å². The quantitative estimate of drug-likeness (QED) is 0.648. The fourth-order valence-electron chi connectivity index (χ4n) is 3.60. The van der Waals surface area contributed by atoms with Crippen LogP contribution in [0, 0.1) is 11.3 Å². The van der Waals surface area contributed by atoms with Gasteiger partial charge in [-0.15, -0.1) is 11.3 Å². The molecule has 0 spiro atoms. The van der Waals surface area contributed by atoms with Gasteiger partial charge in [-0.05, 0) is 34.9 Å². The summed E-state index contributed by atoms with van der Waals surface area (Å²) in [6, 6.07) is 16.9. The van der Waals surface area contributed by atoms with Crippen LogP contribution in [0.4, 0.5) is 5.13 Å². The van der Waals surface area contributed by atoms with E-state index in [1.165, 1.54) is 18.3 Å². The molecule has 2 amide bonds.